The van der Waals surface area contributed by atoms with Gasteiger partial charge in [0.1, 0.15) is 0 Å². The van der Waals surface area contributed by atoms with Gasteiger partial charge in [0.25, 0.3) is 0 Å². The summed E-state index contributed by atoms with van der Waals surface area (Å²) in [6, 6.07) is 0. The molecule has 3 rings (SSSR count). The molecule has 0 aliphatic heterocycles. The lowest BCUT2D eigenvalue weighted by Crippen LogP contribution is -2.18. The first-order chi connectivity index (χ1) is 10.1. The fraction of sp³-hybridized carbons (Fsp3) is 0.714. The molecule has 0 bridgehead atoms. The lowest BCUT2D eigenvalue weighted by molar-refractivity contribution is 0.251. The second-order valence-corrected chi connectivity index (χ2v) is 6.20. The highest BCUT2D eigenvalue weighted by Crippen LogP contribution is 2.38. The Balaban J connectivity index is 1.52. The van der Waals surface area contributed by atoms with E-state index in [1.54, 1.807) is 0 Å². The van der Waals surface area contributed by atoms with E-state index in [0.29, 0.717) is 36.6 Å². The Morgan fingerprint density at radius 2 is 1.86 bits per heavy atom. The van der Waals surface area contributed by atoms with E-state index in [9.17, 15) is 0 Å². The molecule has 0 aromatic carbocycles. The highest BCUT2D eigenvalue weighted by Gasteiger charge is 2.29. The van der Waals surface area contributed by atoms with Gasteiger partial charge in [-0.1, -0.05) is 24.2 Å². The minimum absolute atomic E-state index is 0.492. The summed E-state index contributed by atoms with van der Waals surface area (Å²) in [6.07, 6.45) is 3.17. The summed E-state index contributed by atoms with van der Waals surface area (Å²) < 4.78 is 10.5. The molecule has 2 aromatic heterocycles. The third kappa shape index (κ3) is 3.87. The Morgan fingerprint density at radius 3 is 2.57 bits per heavy atom. The lowest BCUT2D eigenvalue weighted by Gasteiger charge is -2.10. The number of aromatic nitrogens is 4. The molecule has 0 unspecified atom stereocenters. The predicted octanol–water partition coefficient (Wildman–Crippen LogP) is 2.16. The average molecular weight is 291 g/mol. The first-order valence-corrected chi connectivity index (χ1v) is 7.42. The molecule has 1 aliphatic rings. The topological polar surface area (TPSA) is 81.1 Å². The van der Waals surface area contributed by atoms with Crippen molar-refractivity contribution < 1.29 is 9.05 Å². The predicted molar refractivity (Wildman–Crippen MR) is 74.3 cm³/mol. The van der Waals surface area contributed by atoms with Crippen LogP contribution >= 0.6 is 0 Å². The number of hydrogen-bond donors (Lipinski definition) is 0. The van der Waals surface area contributed by atoms with Crippen LogP contribution in [0.3, 0.4) is 0 Å². The fourth-order valence-corrected chi connectivity index (χ4v) is 2.16. The van der Waals surface area contributed by atoms with Crippen LogP contribution in [0.5, 0.6) is 0 Å². The van der Waals surface area contributed by atoms with Gasteiger partial charge in [-0.15, -0.1) is 0 Å². The van der Waals surface area contributed by atoms with Crippen molar-refractivity contribution >= 4 is 0 Å². The average Bonchev–Trinajstić information content (AvgIpc) is 3.02. The highest BCUT2D eigenvalue weighted by molar-refractivity contribution is 5.01. The minimum atomic E-state index is 0.492. The van der Waals surface area contributed by atoms with Crippen molar-refractivity contribution in [3.8, 4) is 0 Å². The van der Waals surface area contributed by atoms with Crippen molar-refractivity contribution in [3.05, 3.63) is 23.4 Å². The maximum Gasteiger partial charge on any atom is 0.240 e. The maximum absolute atomic E-state index is 5.26. The van der Waals surface area contributed by atoms with Crippen molar-refractivity contribution in [1.82, 2.24) is 25.2 Å². The van der Waals surface area contributed by atoms with Gasteiger partial charge in [0, 0.05) is 12.3 Å². The van der Waals surface area contributed by atoms with Gasteiger partial charge in [-0.2, -0.15) is 9.97 Å². The molecular formula is C14H21N5O2. The smallest absolute Gasteiger partial charge is 0.240 e. The molecule has 0 radical (unpaired) electrons. The largest absolute Gasteiger partial charge is 0.339 e. The van der Waals surface area contributed by atoms with Crippen LogP contribution in [-0.2, 0) is 19.5 Å². The number of hydrogen-bond acceptors (Lipinski definition) is 7. The zero-order valence-corrected chi connectivity index (χ0v) is 12.7. The Labute approximate surface area is 123 Å². The van der Waals surface area contributed by atoms with Crippen LogP contribution in [0, 0.1) is 5.92 Å². The van der Waals surface area contributed by atoms with Crippen molar-refractivity contribution in [2.45, 2.75) is 52.1 Å². The van der Waals surface area contributed by atoms with Crippen molar-refractivity contribution in [2.24, 2.45) is 5.92 Å². The molecule has 2 aromatic rings. The Morgan fingerprint density at radius 1 is 1.10 bits per heavy atom. The second-order valence-electron chi connectivity index (χ2n) is 6.20. The molecule has 1 fully saturated rings. The normalized spacial score (nSPS) is 15.3. The van der Waals surface area contributed by atoms with Gasteiger partial charge in [-0.05, 0) is 25.8 Å². The summed E-state index contributed by atoms with van der Waals surface area (Å²) in [7, 11) is 1.97. The summed E-state index contributed by atoms with van der Waals surface area (Å²) in [5.74, 6) is 3.89. The molecule has 7 heteroatoms. The summed E-state index contributed by atoms with van der Waals surface area (Å²) in [4.78, 5) is 10.8. The molecule has 0 saturated heterocycles. The zero-order valence-electron chi connectivity index (χ0n) is 12.7. The van der Waals surface area contributed by atoms with E-state index in [4.69, 9.17) is 9.05 Å². The Bertz CT molecular complexity index is 588. The first-order valence-electron chi connectivity index (χ1n) is 7.42. The monoisotopic (exact) mass is 291 g/mol. The van der Waals surface area contributed by atoms with E-state index in [1.165, 1.54) is 0 Å². The number of rotatable bonds is 7. The lowest BCUT2D eigenvalue weighted by atomic mass is 10.1. The van der Waals surface area contributed by atoms with Crippen LogP contribution < -0.4 is 0 Å². The van der Waals surface area contributed by atoms with Crippen LogP contribution in [0.1, 0.15) is 56.0 Å². The molecule has 7 nitrogen and oxygen atoms in total. The van der Waals surface area contributed by atoms with Gasteiger partial charge >= 0.3 is 0 Å². The minimum Gasteiger partial charge on any atom is -0.339 e. The van der Waals surface area contributed by atoms with Gasteiger partial charge in [0.15, 0.2) is 11.6 Å². The summed E-state index contributed by atoms with van der Waals surface area (Å²) in [5, 5.41) is 8.00. The van der Waals surface area contributed by atoms with E-state index in [-0.39, 0.29) is 0 Å². The van der Waals surface area contributed by atoms with Crippen LogP contribution in [0.15, 0.2) is 9.05 Å². The van der Waals surface area contributed by atoms with Crippen LogP contribution in [-0.4, -0.2) is 32.2 Å². The van der Waals surface area contributed by atoms with Crippen LogP contribution in [0.2, 0.25) is 0 Å². The molecule has 2 heterocycles. The van der Waals surface area contributed by atoms with E-state index >= 15 is 0 Å². The molecule has 114 valence electrons. The second kappa shape index (κ2) is 5.93. The Kier molecular flexibility index (Phi) is 4.01. The van der Waals surface area contributed by atoms with E-state index in [0.717, 1.165) is 31.0 Å². The molecule has 0 N–H and O–H groups in total. The quantitative estimate of drug-likeness (QED) is 0.773. The van der Waals surface area contributed by atoms with Crippen molar-refractivity contribution in [1.29, 1.82) is 0 Å². The maximum atomic E-state index is 5.26. The zero-order chi connectivity index (χ0) is 14.8. The summed E-state index contributed by atoms with van der Waals surface area (Å²) in [6.45, 7) is 5.46. The summed E-state index contributed by atoms with van der Waals surface area (Å²) in [5.41, 5.74) is 0. The van der Waals surface area contributed by atoms with Crippen molar-refractivity contribution in [3.63, 3.8) is 0 Å². The molecule has 1 aliphatic carbocycles. The summed E-state index contributed by atoms with van der Waals surface area (Å²) >= 11 is 0. The molecule has 1 saturated carbocycles. The van der Waals surface area contributed by atoms with Crippen molar-refractivity contribution in [2.75, 3.05) is 7.05 Å². The van der Waals surface area contributed by atoms with Gasteiger partial charge in [-0.3, -0.25) is 4.90 Å². The molecule has 0 spiro atoms. The Hall–Kier alpha value is -1.76. The van der Waals surface area contributed by atoms with Gasteiger partial charge < -0.3 is 9.05 Å². The molecular weight excluding hydrogens is 270 g/mol. The van der Waals surface area contributed by atoms with Crippen LogP contribution in [0.25, 0.3) is 0 Å². The van der Waals surface area contributed by atoms with E-state index < -0.39 is 0 Å². The number of nitrogens with zero attached hydrogens (tertiary/aromatic N) is 5. The van der Waals surface area contributed by atoms with Gasteiger partial charge in [-0.25, -0.2) is 0 Å². The molecule has 0 amide bonds. The molecule has 21 heavy (non-hydrogen) atoms. The SMILES string of the molecule is CC(C)Cc1noc(CN(C)Cc2noc(C3CC3)n2)n1. The molecule has 0 atom stereocenters. The standard InChI is InChI=1S/C14H21N5O2/c1-9(2)6-11-15-13(20-17-11)8-19(3)7-12-16-14(21-18-12)10-4-5-10/h9-10H,4-8H2,1-3H3. The third-order valence-electron chi connectivity index (χ3n) is 3.33. The van der Waals surface area contributed by atoms with E-state index in [2.05, 4.69) is 34.1 Å². The third-order valence-corrected chi connectivity index (χ3v) is 3.33. The van der Waals surface area contributed by atoms with E-state index in [1.807, 2.05) is 11.9 Å². The van der Waals surface area contributed by atoms with Gasteiger partial charge in [0.2, 0.25) is 11.8 Å². The highest BCUT2D eigenvalue weighted by atomic mass is 16.5. The van der Waals surface area contributed by atoms with Gasteiger partial charge in [0.05, 0.1) is 13.1 Å². The first kappa shape index (κ1) is 14.2. The fourth-order valence-electron chi connectivity index (χ4n) is 2.16. The van der Waals surface area contributed by atoms with Crippen LogP contribution in [0.4, 0.5) is 0 Å².